The lowest BCUT2D eigenvalue weighted by molar-refractivity contribution is -0.138. The molecule has 1 saturated heterocycles. The van der Waals surface area contributed by atoms with E-state index in [1.54, 1.807) is 25.7 Å². The van der Waals surface area contributed by atoms with Gasteiger partial charge in [0.1, 0.15) is 0 Å². The van der Waals surface area contributed by atoms with Gasteiger partial charge >= 0.3 is 6.03 Å². The lowest BCUT2D eigenvalue weighted by atomic mass is 9.83. The molecule has 1 unspecified atom stereocenters. The highest BCUT2D eigenvalue weighted by Gasteiger charge is 2.42. The van der Waals surface area contributed by atoms with Crippen LogP contribution < -0.4 is 21.3 Å². The smallest absolute Gasteiger partial charge is 0.315 e. The number of likely N-dealkylation sites (tertiary alicyclic amines) is 1. The lowest BCUT2D eigenvalue weighted by Crippen LogP contribution is -2.58. The molecule has 3 rings (SSSR count). The Morgan fingerprint density at radius 2 is 1.56 bits per heavy atom. The summed E-state index contributed by atoms with van der Waals surface area (Å²) >= 11 is 0. The Balaban J connectivity index is 1.46. The second-order valence-electron chi connectivity index (χ2n) is 12.1. The molecule has 4 N–H and O–H groups in total. The van der Waals surface area contributed by atoms with Crippen LogP contribution in [0.2, 0.25) is 0 Å². The third-order valence-corrected chi connectivity index (χ3v) is 10.5. The van der Waals surface area contributed by atoms with Gasteiger partial charge in [-0.1, -0.05) is 19.3 Å². The molecule has 39 heavy (non-hydrogen) atoms. The topological polar surface area (TPSA) is 171 Å². The second kappa shape index (κ2) is 12.8. The molecule has 1 aliphatic heterocycles. The van der Waals surface area contributed by atoms with Crippen molar-refractivity contribution in [2.24, 2.45) is 0 Å². The van der Waals surface area contributed by atoms with E-state index in [1.165, 1.54) is 0 Å². The van der Waals surface area contributed by atoms with Crippen molar-refractivity contribution in [1.29, 1.82) is 0 Å². The number of ketones is 2. The molecule has 2 aliphatic carbocycles. The number of carbonyl (C=O) groups excluding carboxylic acids is 5. The molecule has 2 saturated carbocycles. The molecule has 0 aromatic carbocycles. The molecule has 13 heteroatoms. The summed E-state index contributed by atoms with van der Waals surface area (Å²) in [5.41, 5.74) is -0.872. The van der Waals surface area contributed by atoms with Crippen LogP contribution in [0, 0.1) is 0 Å². The summed E-state index contributed by atoms with van der Waals surface area (Å²) in [5.74, 6) is -2.29. The van der Waals surface area contributed by atoms with Gasteiger partial charge in [-0.25, -0.2) is 13.2 Å². The number of Topliss-reactive ketones (excluding diaryl/α,β-unsaturated/α-hetero) is 2. The van der Waals surface area contributed by atoms with Crippen molar-refractivity contribution >= 4 is 39.2 Å². The fourth-order valence-corrected chi connectivity index (χ4v) is 6.55. The van der Waals surface area contributed by atoms with Gasteiger partial charge in [0.05, 0.1) is 41.7 Å². The van der Waals surface area contributed by atoms with Crippen LogP contribution in [-0.2, 0) is 29.0 Å². The number of amides is 4. The molecular formula is C26H43N5O7S. The van der Waals surface area contributed by atoms with E-state index >= 15 is 0 Å². The average molecular weight is 570 g/mol. The first-order valence-electron chi connectivity index (χ1n) is 13.9. The number of hydrogen-bond donors (Lipinski definition) is 4. The number of carbonyl (C=O) groups is 5. The van der Waals surface area contributed by atoms with Crippen LogP contribution in [0.3, 0.4) is 0 Å². The highest BCUT2D eigenvalue weighted by atomic mass is 32.2. The lowest BCUT2D eigenvalue weighted by Gasteiger charge is -2.39. The zero-order valence-corrected chi connectivity index (χ0v) is 24.1. The molecule has 0 aromatic rings. The Bertz CT molecular complexity index is 1060. The van der Waals surface area contributed by atoms with E-state index in [1.807, 2.05) is 0 Å². The number of urea groups is 1. The van der Waals surface area contributed by atoms with Gasteiger partial charge < -0.3 is 21.3 Å². The maximum Gasteiger partial charge on any atom is 0.315 e. The monoisotopic (exact) mass is 569 g/mol. The van der Waals surface area contributed by atoms with Gasteiger partial charge in [-0.05, 0) is 65.8 Å². The van der Waals surface area contributed by atoms with Gasteiger partial charge in [0.25, 0.3) is 5.91 Å². The van der Waals surface area contributed by atoms with Crippen molar-refractivity contribution < 1.29 is 32.4 Å². The second-order valence-corrected chi connectivity index (χ2v) is 14.8. The third-order valence-electron chi connectivity index (χ3n) is 7.67. The van der Waals surface area contributed by atoms with E-state index in [4.69, 9.17) is 0 Å². The molecule has 12 nitrogen and oxygen atoms in total. The standard InChI is InChI=1S/C26H43N5O7S/c1-25(2,3)39(37,38)17-26(11-5-4-6-12-26)30-24(36)28-14-19(32)16-31-13-7-8-20(31)22(34)27-15-21(33)23(35)29-18-9-10-18/h18,20H,4-17H2,1-3H3,(H,27,34)(H,29,35)(H2,28,30,36). The number of rotatable bonds is 12. The van der Waals surface area contributed by atoms with E-state index in [2.05, 4.69) is 21.3 Å². The largest absolute Gasteiger partial charge is 0.347 e. The molecular weight excluding hydrogens is 526 g/mol. The summed E-state index contributed by atoms with van der Waals surface area (Å²) in [5, 5.41) is 10.5. The molecule has 4 amide bonds. The minimum absolute atomic E-state index is 0.0499. The fraction of sp³-hybridized carbons (Fsp3) is 0.808. The molecule has 3 aliphatic rings. The van der Waals surface area contributed by atoms with E-state index in [0.717, 1.165) is 32.1 Å². The molecule has 1 atom stereocenters. The Hall–Kier alpha value is -2.54. The van der Waals surface area contributed by atoms with E-state index < -0.39 is 56.3 Å². The van der Waals surface area contributed by atoms with Crippen LogP contribution in [0.5, 0.6) is 0 Å². The summed E-state index contributed by atoms with van der Waals surface area (Å²) in [7, 11) is -3.48. The van der Waals surface area contributed by atoms with Crippen LogP contribution in [0.1, 0.15) is 78.6 Å². The number of hydrogen-bond acceptors (Lipinski definition) is 8. The fourth-order valence-electron chi connectivity index (χ4n) is 5.03. The number of nitrogens with one attached hydrogen (secondary N) is 4. The third kappa shape index (κ3) is 8.99. The summed E-state index contributed by atoms with van der Waals surface area (Å²) in [6, 6.07) is -1.14. The van der Waals surface area contributed by atoms with Crippen LogP contribution in [0.25, 0.3) is 0 Å². The van der Waals surface area contributed by atoms with Crippen LogP contribution >= 0.6 is 0 Å². The molecule has 0 radical (unpaired) electrons. The molecule has 0 bridgehead atoms. The van der Waals surface area contributed by atoms with Crippen molar-refractivity contribution in [3.05, 3.63) is 0 Å². The summed E-state index contributed by atoms with van der Waals surface area (Å²) < 4.78 is 24.9. The molecule has 220 valence electrons. The summed E-state index contributed by atoms with van der Waals surface area (Å²) in [6.45, 7) is 4.73. The molecule has 1 heterocycles. The molecule has 0 spiro atoms. The minimum atomic E-state index is -3.48. The van der Waals surface area contributed by atoms with Crippen molar-refractivity contribution in [3.63, 3.8) is 0 Å². The predicted octanol–water partition coefficient (Wildman–Crippen LogP) is 0.199. The Kier molecular flexibility index (Phi) is 10.1. The van der Waals surface area contributed by atoms with Gasteiger partial charge in [0.2, 0.25) is 11.7 Å². The average Bonchev–Trinajstić information content (AvgIpc) is 3.54. The molecule has 0 aromatic heterocycles. The predicted molar refractivity (Wildman–Crippen MR) is 145 cm³/mol. The number of nitrogens with zero attached hydrogens (tertiary/aromatic N) is 1. The van der Waals surface area contributed by atoms with Gasteiger partial charge in [0.15, 0.2) is 15.6 Å². The first-order valence-corrected chi connectivity index (χ1v) is 15.5. The highest BCUT2D eigenvalue weighted by Crippen LogP contribution is 2.32. The van der Waals surface area contributed by atoms with Crippen molar-refractivity contribution in [2.45, 2.75) is 101 Å². The summed E-state index contributed by atoms with van der Waals surface area (Å²) in [6.07, 6.45) is 6.63. The summed E-state index contributed by atoms with van der Waals surface area (Å²) in [4.78, 5) is 63.4. The van der Waals surface area contributed by atoms with E-state index in [0.29, 0.717) is 32.2 Å². The van der Waals surface area contributed by atoms with E-state index in [-0.39, 0.29) is 30.7 Å². The highest BCUT2D eigenvalue weighted by molar-refractivity contribution is 7.92. The first kappa shape index (κ1) is 31.0. The van der Waals surface area contributed by atoms with Crippen LogP contribution in [0.4, 0.5) is 4.79 Å². The van der Waals surface area contributed by atoms with Crippen LogP contribution in [0.15, 0.2) is 0 Å². The minimum Gasteiger partial charge on any atom is -0.347 e. The Morgan fingerprint density at radius 1 is 0.897 bits per heavy atom. The van der Waals surface area contributed by atoms with Crippen molar-refractivity contribution in [1.82, 2.24) is 26.2 Å². The Morgan fingerprint density at radius 3 is 2.18 bits per heavy atom. The van der Waals surface area contributed by atoms with Crippen molar-refractivity contribution in [2.75, 3.05) is 31.9 Å². The van der Waals surface area contributed by atoms with Gasteiger partial charge in [-0.3, -0.25) is 24.1 Å². The van der Waals surface area contributed by atoms with Gasteiger partial charge in [-0.15, -0.1) is 0 Å². The maximum atomic E-state index is 12.9. The zero-order valence-electron chi connectivity index (χ0n) is 23.3. The first-order chi connectivity index (χ1) is 18.2. The van der Waals surface area contributed by atoms with Gasteiger partial charge in [0, 0.05) is 6.04 Å². The SMILES string of the molecule is CC(C)(C)S(=O)(=O)CC1(NC(=O)NCC(=O)CN2CCCC2C(=O)NCC(=O)C(=O)NC2CC2)CCCCC1. The van der Waals surface area contributed by atoms with E-state index in [9.17, 15) is 32.4 Å². The maximum absolute atomic E-state index is 12.9. The number of sulfone groups is 1. The quantitative estimate of drug-likeness (QED) is 0.242. The van der Waals surface area contributed by atoms with Crippen LogP contribution in [-0.4, -0.2) is 97.0 Å². The van der Waals surface area contributed by atoms with Crippen molar-refractivity contribution in [3.8, 4) is 0 Å². The normalized spacial score (nSPS) is 21.6. The zero-order chi connectivity index (χ0) is 28.8. The molecule has 3 fully saturated rings. The Labute approximate surface area is 230 Å². The van der Waals surface area contributed by atoms with Gasteiger partial charge in [-0.2, -0.15) is 0 Å².